The van der Waals surface area contributed by atoms with Crippen molar-refractivity contribution in [2.45, 2.75) is 13.0 Å². The van der Waals surface area contributed by atoms with E-state index in [9.17, 15) is 12.8 Å². The largest absolute Gasteiger partial charge is 0.414 e. The second-order valence-corrected chi connectivity index (χ2v) is 8.12. The van der Waals surface area contributed by atoms with Gasteiger partial charge in [-0.15, -0.1) is 10.2 Å². The number of aromatic nitrogens is 4. The molecule has 0 saturated heterocycles. The van der Waals surface area contributed by atoms with Crippen molar-refractivity contribution in [3.63, 3.8) is 0 Å². The lowest BCUT2D eigenvalue weighted by Gasteiger charge is -2.25. The van der Waals surface area contributed by atoms with Crippen molar-refractivity contribution in [2.24, 2.45) is 7.05 Å². The van der Waals surface area contributed by atoms with Crippen molar-refractivity contribution < 1.29 is 17.2 Å². The van der Waals surface area contributed by atoms with Crippen LogP contribution in [0.15, 0.2) is 28.7 Å². The Kier molecular flexibility index (Phi) is 3.88. The maximum atomic E-state index is 13.9. The zero-order valence-corrected chi connectivity index (χ0v) is 15.0. The van der Waals surface area contributed by atoms with Crippen LogP contribution in [0.3, 0.4) is 0 Å². The molecule has 0 fully saturated rings. The van der Waals surface area contributed by atoms with Crippen LogP contribution in [0.4, 0.5) is 4.39 Å². The minimum Gasteiger partial charge on any atom is -0.414 e. The monoisotopic (exact) mass is 377 g/mol. The molecule has 3 aromatic rings. The molecule has 2 aromatic heterocycles. The fraction of sp³-hybridized carbons (Fsp3) is 0.312. The molecular weight excluding hydrogens is 361 g/mol. The van der Waals surface area contributed by atoms with Crippen LogP contribution in [-0.4, -0.2) is 45.5 Å². The summed E-state index contributed by atoms with van der Waals surface area (Å²) in [6.07, 6.45) is 1.72. The smallest absolute Gasteiger partial charge is 0.268 e. The van der Waals surface area contributed by atoms with Gasteiger partial charge in [0, 0.05) is 37.8 Å². The molecule has 1 aliphatic heterocycles. The first-order chi connectivity index (χ1) is 12.3. The van der Waals surface area contributed by atoms with Gasteiger partial charge >= 0.3 is 0 Å². The third-order valence-corrected chi connectivity index (χ3v) is 5.66. The number of rotatable bonds is 3. The molecule has 1 aromatic carbocycles. The average molecular weight is 377 g/mol. The second-order valence-electron chi connectivity index (χ2n) is 6.14. The van der Waals surface area contributed by atoms with Crippen molar-refractivity contribution in [3.8, 4) is 23.0 Å². The average Bonchev–Trinajstić information content (AvgIpc) is 3.19. The Morgan fingerprint density at radius 3 is 2.65 bits per heavy atom. The Bertz CT molecular complexity index is 1090. The maximum absolute atomic E-state index is 13.9. The molecule has 0 N–H and O–H groups in total. The standard InChI is InChI=1S/C16H16FN5O3S/c1-21-13-7-8-22(26(2,23)24)9-11(13)14(20-21)16-19-18-15(25-16)10-5-3-4-6-12(10)17/h3-6H,7-9H2,1-2H3. The van der Waals surface area contributed by atoms with Gasteiger partial charge in [0.1, 0.15) is 5.82 Å². The molecule has 0 radical (unpaired) electrons. The van der Waals surface area contributed by atoms with Crippen molar-refractivity contribution in [2.75, 3.05) is 12.8 Å². The van der Waals surface area contributed by atoms with Gasteiger partial charge in [0.15, 0.2) is 5.69 Å². The Morgan fingerprint density at radius 2 is 1.92 bits per heavy atom. The topological polar surface area (TPSA) is 94.1 Å². The molecule has 10 heteroatoms. The molecule has 0 saturated carbocycles. The molecule has 0 bridgehead atoms. The third-order valence-electron chi connectivity index (χ3n) is 4.41. The van der Waals surface area contributed by atoms with Gasteiger partial charge in [-0.2, -0.15) is 9.40 Å². The molecule has 136 valence electrons. The Labute approximate surface area is 149 Å². The molecule has 0 unspecified atom stereocenters. The normalized spacial score (nSPS) is 15.2. The van der Waals surface area contributed by atoms with Gasteiger partial charge in [0.05, 0.1) is 11.8 Å². The highest BCUT2D eigenvalue weighted by atomic mass is 32.2. The minimum absolute atomic E-state index is 0.0493. The molecule has 8 nitrogen and oxygen atoms in total. The van der Waals surface area contributed by atoms with E-state index in [1.165, 1.54) is 16.6 Å². The second kappa shape index (κ2) is 5.99. The first kappa shape index (κ1) is 16.9. The number of fused-ring (bicyclic) bond motifs is 1. The third kappa shape index (κ3) is 2.80. The van der Waals surface area contributed by atoms with Crippen LogP contribution in [0.5, 0.6) is 0 Å². The summed E-state index contributed by atoms with van der Waals surface area (Å²) in [7, 11) is -1.54. The fourth-order valence-corrected chi connectivity index (χ4v) is 3.87. The molecule has 0 atom stereocenters. The Morgan fingerprint density at radius 1 is 1.19 bits per heavy atom. The molecule has 0 aliphatic carbocycles. The van der Waals surface area contributed by atoms with Crippen LogP contribution >= 0.6 is 0 Å². The summed E-state index contributed by atoms with van der Waals surface area (Å²) in [5.74, 6) is -0.280. The summed E-state index contributed by atoms with van der Waals surface area (Å²) in [6, 6.07) is 6.11. The van der Waals surface area contributed by atoms with E-state index >= 15 is 0 Å². The molecule has 1 aliphatic rings. The summed E-state index contributed by atoms with van der Waals surface area (Å²) in [5.41, 5.74) is 2.28. The van der Waals surface area contributed by atoms with Crippen LogP contribution in [0.2, 0.25) is 0 Å². The van der Waals surface area contributed by atoms with Crippen LogP contribution in [0.1, 0.15) is 11.3 Å². The van der Waals surface area contributed by atoms with Gasteiger partial charge in [-0.05, 0) is 12.1 Å². The van der Waals surface area contributed by atoms with Crippen molar-refractivity contribution in [1.29, 1.82) is 0 Å². The van der Waals surface area contributed by atoms with Crippen LogP contribution in [-0.2, 0) is 30.0 Å². The zero-order chi connectivity index (χ0) is 18.5. The minimum atomic E-state index is -3.32. The predicted octanol–water partition coefficient (Wildman–Crippen LogP) is 1.59. The zero-order valence-electron chi connectivity index (χ0n) is 14.2. The SMILES string of the molecule is Cn1nc(-c2nnc(-c3ccccc3F)o2)c2c1CCN(S(C)(=O)=O)C2. The number of sulfonamides is 1. The van der Waals surface area contributed by atoms with E-state index in [1.54, 1.807) is 29.9 Å². The van der Waals surface area contributed by atoms with Gasteiger partial charge in [0.2, 0.25) is 10.0 Å². The summed E-state index contributed by atoms with van der Waals surface area (Å²) in [6.45, 7) is 0.587. The summed E-state index contributed by atoms with van der Waals surface area (Å²) >= 11 is 0. The lowest BCUT2D eigenvalue weighted by atomic mass is 10.1. The van der Waals surface area contributed by atoms with Crippen molar-refractivity contribution >= 4 is 10.0 Å². The van der Waals surface area contributed by atoms with Gasteiger partial charge in [-0.3, -0.25) is 4.68 Å². The van der Waals surface area contributed by atoms with Gasteiger partial charge in [0.25, 0.3) is 11.8 Å². The fourth-order valence-electron chi connectivity index (χ4n) is 3.08. The highest BCUT2D eigenvalue weighted by molar-refractivity contribution is 7.88. The highest BCUT2D eigenvalue weighted by Gasteiger charge is 2.30. The quantitative estimate of drug-likeness (QED) is 0.688. The van der Waals surface area contributed by atoms with Gasteiger partial charge in [-0.1, -0.05) is 12.1 Å². The first-order valence-electron chi connectivity index (χ1n) is 7.93. The lowest BCUT2D eigenvalue weighted by Crippen LogP contribution is -2.35. The maximum Gasteiger partial charge on any atom is 0.268 e. The van der Waals surface area contributed by atoms with Crippen LogP contribution in [0, 0.1) is 5.82 Å². The molecule has 26 heavy (non-hydrogen) atoms. The van der Waals surface area contributed by atoms with E-state index < -0.39 is 15.8 Å². The van der Waals surface area contributed by atoms with Crippen molar-refractivity contribution in [3.05, 3.63) is 41.3 Å². The molecule has 0 spiro atoms. The summed E-state index contributed by atoms with van der Waals surface area (Å²) in [5, 5.41) is 12.3. The molecular formula is C16H16FN5O3S. The molecule has 4 rings (SSSR count). The number of aryl methyl sites for hydroxylation is 1. The Hall–Kier alpha value is -2.59. The predicted molar refractivity (Wildman–Crippen MR) is 90.9 cm³/mol. The van der Waals surface area contributed by atoms with Crippen LogP contribution in [0.25, 0.3) is 23.0 Å². The molecule has 0 amide bonds. The van der Waals surface area contributed by atoms with Gasteiger partial charge in [-0.25, -0.2) is 12.8 Å². The number of hydrogen-bond acceptors (Lipinski definition) is 6. The lowest BCUT2D eigenvalue weighted by molar-refractivity contribution is 0.389. The number of benzene rings is 1. The van der Waals surface area contributed by atoms with E-state index in [4.69, 9.17) is 4.42 Å². The van der Waals surface area contributed by atoms with E-state index in [1.807, 2.05) is 0 Å². The van der Waals surface area contributed by atoms with Crippen LogP contribution < -0.4 is 0 Å². The number of nitrogens with zero attached hydrogens (tertiary/aromatic N) is 5. The number of hydrogen-bond donors (Lipinski definition) is 0. The highest BCUT2D eigenvalue weighted by Crippen LogP contribution is 2.31. The van der Waals surface area contributed by atoms with Crippen molar-refractivity contribution in [1.82, 2.24) is 24.3 Å². The number of halogens is 1. The van der Waals surface area contributed by atoms with E-state index in [0.29, 0.717) is 18.7 Å². The van der Waals surface area contributed by atoms with E-state index in [2.05, 4.69) is 15.3 Å². The van der Waals surface area contributed by atoms with E-state index in [0.717, 1.165) is 11.3 Å². The Balaban J connectivity index is 1.76. The summed E-state index contributed by atoms with van der Waals surface area (Å²) in [4.78, 5) is 0. The first-order valence-corrected chi connectivity index (χ1v) is 9.78. The summed E-state index contributed by atoms with van der Waals surface area (Å²) < 4.78 is 46.4. The van der Waals surface area contributed by atoms with E-state index in [-0.39, 0.29) is 23.9 Å². The molecule has 3 heterocycles. The van der Waals surface area contributed by atoms with Gasteiger partial charge < -0.3 is 4.42 Å².